The van der Waals surface area contributed by atoms with E-state index in [1.165, 1.54) is 4.31 Å². The summed E-state index contributed by atoms with van der Waals surface area (Å²) in [7, 11) is -2.03. The predicted octanol–water partition coefficient (Wildman–Crippen LogP) is 5.53. The molecule has 5 rings (SSSR count). The normalized spacial score (nSPS) is 14.4. The zero-order valence-electron chi connectivity index (χ0n) is 23.6. The summed E-state index contributed by atoms with van der Waals surface area (Å²) in [6.45, 7) is 8.75. The first-order valence-electron chi connectivity index (χ1n) is 13.4. The van der Waals surface area contributed by atoms with E-state index in [1.807, 2.05) is 100 Å². The molecule has 0 aliphatic carbocycles. The predicted molar refractivity (Wildman–Crippen MR) is 158 cm³/mol. The highest BCUT2D eigenvalue weighted by Crippen LogP contribution is 2.33. The van der Waals surface area contributed by atoms with Crippen LogP contribution in [-0.2, 0) is 10.0 Å². The van der Waals surface area contributed by atoms with E-state index in [9.17, 15) is 13.2 Å². The van der Waals surface area contributed by atoms with Crippen LogP contribution in [0.1, 0.15) is 32.7 Å². The van der Waals surface area contributed by atoms with E-state index in [4.69, 9.17) is 4.74 Å². The van der Waals surface area contributed by atoms with Crippen LogP contribution in [0.2, 0.25) is 0 Å². The zero-order valence-corrected chi connectivity index (χ0v) is 24.5. The molecule has 0 bridgehead atoms. The van der Waals surface area contributed by atoms with Crippen molar-refractivity contribution in [2.45, 2.75) is 32.6 Å². The van der Waals surface area contributed by atoms with Crippen LogP contribution >= 0.6 is 0 Å². The number of para-hydroxylation sites is 1. The minimum atomic E-state index is -3.66. The largest absolute Gasteiger partial charge is 0.497 e. The Morgan fingerprint density at radius 3 is 2.08 bits per heavy atom. The third kappa shape index (κ3) is 5.05. The van der Waals surface area contributed by atoms with Crippen molar-refractivity contribution < 1.29 is 17.9 Å². The molecule has 0 N–H and O–H groups in total. The van der Waals surface area contributed by atoms with Crippen LogP contribution in [0.25, 0.3) is 16.9 Å². The number of rotatable bonds is 6. The summed E-state index contributed by atoms with van der Waals surface area (Å²) < 4.78 is 36.2. The molecule has 208 valence electrons. The molecule has 0 unspecified atom stereocenters. The van der Waals surface area contributed by atoms with Gasteiger partial charge in [-0.1, -0.05) is 48.0 Å². The summed E-state index contributed by atoms with van der Waals surface area (Å²) in [6.07, 6.45) is 0. The molecule has 3 aromatic carbocycles. The summed E-state index contributed by atoms with van der Waals surface area (Å²) in [4.78, 5) is 16.0. The molecular weight excluding hydrogens is 522 g/mol. The molecule has 1 aliphatic rings. The number of benzene rings is 3. The van der Waals surface area contributed by atoms with Gasteiger partial charge in [0.2, 0.25) is 10.0 Å². The first-order valence-corrected chi connectivity index (χ1v) is 14.9. The van der Waals surface area contributed by atoms with Crippen molar-refractivity contribution in [1.29, 1.82) is 0 Å². The summed E-state index contributed by atoms with van der Waals surface area (Å²) >= 11 is 0. The van der Waals surface area contributed by atoms with E-state index in [1.54, 1.807) is 12.0 Å². The summed E-state index contributed by atoms with van der Waals surface area (Å²) in [6, 6.07) is 23.5. The maximum atomic E-state index is 13.9. The first-order chi connectivity index (χ1) is 19.1. The molecule has 1 aromatic heterocycles. The number of piperazine rings is 1. The van der Waals surface area contributed by atoms with Crippen LogP contribution < -0.4 is 4.74 Å². The van der Waals surface area contributed by atoms with Crippen molar-refractivity contribution in [3.05, 3.63) is 101 Å². The smallest absolute Gasteiger partial charge is 0.255 e. The Bertz CT molecular complexity index is 1640. The zero-order chi connectivity index (χ0) is 28.6. The van der Waals surface area contributed by atoms with Gasteiger partial charge in [0.1, 0.15) is 5.75 Å². The standard InChI is InChI=1S/C32H35N3O4S/c1-22-18-23(2)31(24(3)19-22)40(37,38)34-16-14-33(15-17-34)32(36)29-21-30(26-10-9-13-28(20-26)39-5)35(25(29)4)27-11-7-6-8-12-27/h6-13,18-21H,14-17H2,1-5H3. The lowest BCUT2D eigenvalue weighted by Crippen LogP contribution is -2.50. The Morgan fingerprint density at radius 1 is 0.800 bits per heavy atom. The number of carbonyl (C=O) groups is 1. The van der Waals surface area contributed by atoms with Gasteiger partial charge in [-0.15, -0.1) is 0 Å². The minimum absolute atomic E-state index is 0.101. The van der Waals surface area contributed by atoms with Crippen LogP contribution in [0.3, 0.4) is 0 Å². The Balaban J connectivity index is 1.44. The van der Waals surface area contributed by atoms with Crippen molar-refractivity contribution in [2.75, 3.05) is 33.3 Å². The fourth-order valence-corrected chi connectivity index (χ4v) is 7.57. The number of ether oxygens (including phenoxy) is 1. The van der Waals surface area contributed by atoms with Gasteiger partial charge in [-0.3, -0.25) is 4.79 Å². The Kier molecular flexibility index (Phi) is 7.57. The summed E-state index contributed by atoms with van der Waals surface area (Å²) in [5.74, 6) is 0.635. The number of aromatic nitrogens is 1. The monoisotopic (exact) mass is 557 g/mol. The maximum absolute atomic E-state index is 13.9. The highest BCUT2D eigenvalue weighted by atomic mass is 32.2. The fourth-order valence-electron chi connectivity index (χ4n) is 5.73. The number of nitrogens with zero attached hydrogens (tertiary/aromatic N) is 3. The van der Waals surface area contributed by atoms with Crippen molar-refractivity contribution in [2.24, 2.45) is 0 Å². The topological polar surface area (TPSA) is 71.8 Å². The fraction of sp³-hybridized carbons (Fsp3) is 0.281. The SMILES string of the molecule is COc1cccc(-c2cc(C(=O)N3CCN(S(=O)(=O)c4c(C)cc(C)cc4C)CC3)c(C)n2-c2ccccc2)c1. The molecule has 8 heteroatoms. The molecule has 2 heterocycles. The summed E-state index contributed by atoms with van der Waals surface area (Å²) in [5.41, 5.74) is 6.74. The molecule has 4 aromatic rings. The van der Waals surface area contributed by atoms with E-state index in [-0.39, 0.29) is 19.0 Å². The molecule has 0 atom stereocenters. The lowest BCUT2D eigenvalue weighted by molar-refractivity contribution is 0.0697. The molecule has 7 nitrogen and oxygen atoms in total. The highest BCUT2D eigenvalue weighted by Gasteiger charge is 2.33. The lowest BCUT2D eigenvalue weighted by atomic mass is 10.1. The molecular formula is C32H35N3O4S. The van der Waals surface area contributed by atoms with E-state index < -0.39 is 10.0 Å². The van der Waals surface area contributed by atoms with Gasteiger partial charge in [0.05, 0.1) is 23.3 Å². The minimum Gasteiger partial charge on any atom is -0.497 e. The average molecular weight is 558 g/mol. The number of methoxy groups -OCH3 is 1. The van der Waals surface area contributed by atoms with E-state index >= 15 is 0 Å². The molecule has 1 aliphatic heterocycles. The third-order valence-electron chi connectivity index (χ3n) is 7.59. The molecule has 1 amide bonds. The quantitative estimate of drug-likeness (QED) is 0.312. The van der Waals surface area contributed by atoms with Gasteiger partial charge < -0.3 is 14.2 Å². The van der Waals surface area contributed by atoms with E-state index in [2.05, 4.69) is 4.57 Å². The maximum Gasteiger partial charge on any atom is 0.255 e. The third-order valence-corrected chi connectivity index (χ3v) is 9.79. The molecule has 0 spiro atoms. The molecule has 40 heavy (non-hydrogen) atoms. The first kappa shape index (κ1) is 27.7. The van der Waals surface area contributed by atoms with E-state index in [0.717, 1.165) is 45.1 Å². The average Bonchev–Trinajstić information content (AvgIpc) is 3.29. The van der Waals surface area contributed by atoms with Gasteiger partial charge >= 0.3 is 0 Å². The number of hydrogen-bond donors (Lipinski definition) is 0. The van der Waals surface area contributed by atoms with Crippen molar-refractivity contribution in [1.82, 2.24) is 13.8 Å². The lowest BCUT2D eigenvalue weighted by Gasteiger charge is -2.34. The van der Waals surface area contributed by atoms with Crippen LogP contribution in [0.15, 0.2) is 77.7 Å². The van der Waals surface area contributed by atoms with Gasteiger partial charge in [-0.2, -0.15) is 4.31 Å². The van der Waals surface area contributed by atoms with Crippen LogP contribution in [0.5, 0.6) is 5.75 Å². The van der Waals surface area contributed by atoms with E-state index in [0.29, 0.717) is 23.5 Å². The Labute approximate surface area is 236 Å². The van der Waals surface area contributed by atoms with Gasteiger partial charge in [0.25, 0.3) is 5.91 Å². The second-order valence-corrected chi connectivity index (χ2v) is 12.2. The van der Waals surface area contributed by atoms with Gasteiger partial charge in [0.15, 0.2) is 0 Å². The number of amides is 1. The molecule has 1 fully saturated rings. The molecule has 0 saturated carbocycles. The van der Waals surface area contributed by atoms with Gasteiger partial charge in [-0.05, 0) is 69.2 Å². The second kappa shape index (κ2) is 10.9. The Hall–Kier alpha value is -3.88. The molecule has 1 saturated heterocycles. The van der Waals surface area contributed by atoms with Crippen LogP contribution in [-0.4, -0.2) is 61.4 Å². The second-order valence-electron chi connectivity index (χ2n) is 10.4. The van der Waals surface area contributed by atoms with Crippen molar-refractivity contribution >= 4 is 15.9 Å². The van der Waals surface area contributed by atoms with Gasteiger partial charge in [0, 0.05) is 43.1 Å². The highest BCUT2D eigenvalue weighted by molar-refractivity contribution is 7.89. The summed E-state index contributed by atoms with van der Waals surface area (Å²) in [5, 5.41) is 0. The van der Waals surface area contributed by atoms with Crippen molar-refractivity contribution in [3.8, 4) is 22.7 Å². The van der Waals surface area contributed by atoms with Crippen LogP contribution in [0.4, 0.5) is 0 Å². The number of carbonyl (C=O) groups excluding carboxylic acids is 1. The van der Waals surface area contributed by atoms with Crippen molar-refractivity contribution in [3.63, 3.8) is 0 Å². The number of hydrogen-bond acceptors (Lipinski definition) is 4. The Morgan fingerprint density at radius 2 is 1.45 bits per heavy atom. The molecule has 0 radical (unpaired) electrons. The van der Waals surface area contributed by atoms with Crippen LogP contribution in [0, 0.1) is 27.7 Å². The number of aryl methyl sites for hydroxylation is 3. The van der Waals surface area contributed by atoms with Gasteiger partial charge in [-0.25, -0.2) is 8.42 Å². The number of sulfonamides is 1.